The van der Waals surface area contributed by atoms with Crippen LogP contribution in [0.2, 0.25) is 0 Å². The number of nitrogens with zero attached hydrogens (tertiary/aromatic N) is 3. The fraction of sp³-hybridized carbons (Fsp3) is 0.800. The van der Waals surface area contributed by atoms with Crippen LogP contribution in [-0.2, 0) is 13.6 Å². The molecule has 1 heterocycles. The highest BCUT2D eigenvalue weighted by molar-refractivity contribution is 4.93. The summed E-state index contributed by atoms with van der Waals surface area (Å²) in [4.78, 5) is 0. The van der Waals surface area contributed by atoms with Crippen LogP contribution in [0.25, 0.3) is 0 Å². The molecule has 14 heavy (non-hydrogen) atoms. The first kappa shape index (κ1) is 9.65. The molecule has 0 amide bonds. The molecule has 1 aliphatic rings. The second-order valence-corrected chi connectivity index (χ2v) is 4.21. The predicted molar refractivity (Wildman–Crippen MR) is 54.6 cm³/mol. The van der Waals surface area contributed by atoms with E-state index in [2.05, 4.69) is 22.6 Å². The van der Waals surface area contributed by atoms with Crippen molar-refractivity contribution in [3.8, 4) is 0 Å². The maximum absolute atomic E-state index is 3.90. The molecule has 0 aromatic carbocycles. The highest BCUT2D eigenvalue weighted by Gasteiger charge is 2.23. The lowest BCUT2D eigenvalue weighted by Crippen LogP contribution is -2.36. The van der Waals surface area contributed by atoms with Gasteiger partial charge in [0.15, 0.2) is 0 Å². The van der Waals surface area contributed by atoms with Crippen molar-refractivity contribution in [1.82, 2.24) is 20.3 Å². The van der Waals surface area contributed by atoms with Gasteiger partial charge in [-0.15, -0.1) is 5.10 Å². The molecule has 4 nitrogen and oxygen atoms in total. The molecule has 1 atom stereocenters. The minimum atomic E-state index is 0.624. The van der Waals surface area contributed by atoms with Crippen molar-refractivity contribution < 1.29 is 0 Å². The summed E-state index contributed by atoms with van der Waals surface area (Å²) in [5, 5.41) is 11.3. The fourth-order valence-corrected chi connectivity index (χ4v) is 1.84. The van der Waals surface area contributed by atoms with E-state index in [4.69, 9.17) is 0 Å². The summed E-state index contributed by atoms with van der Waals surface area (Å²) in [6.45, 7) is 3.15. The van der Waals surface area contributed by atoms with Gasteiger partial charge in [0.2, 0.25) is 0 Å². The molecule has 1 aromatic rings. The lowest BCUT2D eigenvalue weighted by Gasteiger charge is -2.32. The molecule has 4 heteroatoms. The van der Waals surface area contributed by atoms with E-state index >= 15 is 0 Å². The van der Waals surface area contributed by atoms with Gasteiger partial charge in [0, 0.05) is 19.6 Å². The lowest BCUT2D eigenvalue weighted by atomic mass is 9.80. The van der Waals surface area contributed by atoms with Crippen LogP contribution in [0.1, 0.15) is 31.9 Å². The van der Waals surface area contributed by atoms with Crippen LogP contribution in [0.3, 0.4) is 0 Å². The molecule has 1 aliphatic carbocycles. The highest BCUT2D eigenvalue weighted by atomic mass is 15.4. The molecule has 0 aliphatic heterocycles. The first-order valence-corrected chi connectivity index (χ1v) is 5.34. The van der Waals surface area contributed by atoms with Crippen molar-refractivity contribution >= 4 is 0 Å². The largest absolute Gasteiger partial charge is 0.308 e. The zero-order chi connectivity index (χ0) is 9.97. The van der Waals surface area contributed by atoms with E-state index in [-0.39, 0.29) is 0 Å². The molecule has 2 rings (SSSR count). The molecule has 1 fully saturated rings. The number of hydrogen-bond donors (Lipinski definition) is 1. The molecular formula is C10H18N4. The molecule has 0 spiro atoms. The van der Waals surface area contributed by atoms with Crippen LogP contribution in [0.15, 0.2) is 6.20 Å². The Kier molecular flexibility index (Phi) is 2.82. The van der Waals surface area contributed by atoms with Crippen LogP contribution in [0.4, 0.5) is 0 Å². The van der Waals surface area contributed by atoms with Crippen LogP contribution < -0.4 is 5.32 Å². The van der Waals surface area contributed by atoms with Crippen molar-refractivity contribution in [3.05, 3.63) is 11.9 Å². The second kappa shape index (κ2) is 4.09. The maximum atomic E-state index is 3.90. The van der Waals surface area contributed by atoms with E-state index in [1.165, 1.54) is 19.3 Å². The molecule has 0 saturated heterocycles. The first-order chi connectivity index (χ1) is 6.77. The van der Waals surface area contributed by atoms with Gasteiger partial charge in [-0.25, -0.2) is 0 Å². The summed E-state index contributed by atoms with van der Waals surface area (Å²) in [5.41, 5.74) is 1.15. The van der Waals surface area contributed by atoms with Gasteiger partial charge in [-0.2, -0.15) is 0 Å². The Morgan fingerprint density at radius 2 is 2.43 bits per heavy atom. The van der Waals surface area contributed by atoms with Crippen molar-refractivity contribution in [2.24, 2.45) is 13.0 Å². The molecular weight excluding hydrogens is 176 g/mol. The predicted octanol–water partition coefficient (Wildman–Crippen LogP) is 1.09. The Morgan fingerprint density at radius 1 is 1.64 bits per heavy atom. The average Bonchev–Trinajstić information content (AvgIpc) is 2.44. The van der Waals surface area contributed by atoms with Gasteiger partial charge in [-0.1, -0.05) is 11.6 Å². The number of rotatable bonds is 4. The van der Waals surface area contributed by atoms with Gasteiger partial charge in [0.05, 0.1) is 11.9 Å². The first-order valence-electron chi connectivity index (χ1n) is 5.34. The Morgan fingerprint density at radius 3 is 2.93 bits per heavy atom. The van der Waals surface area contributed by atoms with Gasteiger partial charge in [-0.05, 0) is 25.7 Å². The summed E-state index contributed by atoms with van der Waals surface area (Å²) in [6.07, 6.45) is 6.00. The standard InChI is InChI=1S/C10H18N4/c1-8(9-4-3-5-9)11-6-10-7-12-13-14(10)2/h7-9,11H,3-6H2,1-2H3. The molecule has 1 aromatic heterocycles. The van der Waals surface area contributed by atoms with Crippen molar-refractivity contribution in [3.63, 3.8) is 0 Å². The van der Waals surface area contributed by atoms with E-state index in [0.717, 1.165) is 18.2 Å². The van der Waals surface area contributed by atoms with Crippen molar-refractivity contribution in [2.75, 3.05) is 0 Å². The van der Waals surface area contributed by atoms with Crippen molar-refractivity contribution in [2.45, 2.75) is 38.8 Å². The zero-order valence-corrected chi connectivity index (χ0v) is 8.90. The van der Waals surface area contributed by atoms with E-state index in [1.807, 2.05) is 17.9 Å². The number of nitrogens with one attached hydrogen (secondary N) is 1. The summed E-state index contributed by atoms with van der Waals surface area (Å²) < 4.78 is 1.82. The van der Waals surface area contributed by atoms with Crippen molar-refractivity contribution in [1.29, 1.82) is 0 Å². The number of aryl methyl sites for hydroxylation is 1. The molecule has 1 N–H and O–H groups in total. The zero-order valence-electron chi connectivity index (χ0n) is 8.90. The highest BCUT2D eigenvalue weighted by Crippen LogP contribution is 2.29. The van der Waals surface area contributed by atoms with Gasteiger partial charge in [0.1, 0.15) is 0 Å². The summed E-state index contributed by atoms with van der Waals surface area (Å²) in [7, 11) is 1.93. The van der Waals surface area contributed by atoms with E-state index in [0.29, 0.717) is 6.04 Å². The Labute approximate surface area is 84.7 Å². The summed E-state index contributed by atoms with van der Waals surface area (Å²) in [5.74, 6) is 0.885. The Hall–Kier alpha value is -0.900. The SMILES string of the molecule is CC(NCc1cnnn1C)C1CCC1. The summed E-state index contributed by atoms with van der Waals surface area (Å²) >= 11 is 0. The number of aromatic nitrogens is 3. The molecule has 0 bridgehead atoms. The van der Waals surface area contributed by atoms with Gasteiger partial charge >= 0.3 is 0 Å². The molecule has 1 unspecified atom stereocenters. The van der Waals surface area contributed by atoms with Gasteiger partial charge in [0.25, 0.3) is 0 Å². The maximum Gasteiger partial charge on any atom is 0.0738 e. The Balaban J connectivity index is 1.79. The topological polar surface area (TPSA) is 42.7 Å². The van der Waals surface area contributed by atoms with Gasteiger partial charge < -0.3 is 5.32 Å². The second-order valence-electron chi connectivity index (χ2n) is 4.21. The smallest absolute Gasteiger partial charge is 0.0738 e. The van der Waals surface area contributed by atoms with Crippen LogP contribution >= 0.6 is 0 Å². The van der Waals surface area contributed by atoms with Crippen LogP contribution in [0.5, 0.6) is 0 Å². The fourth-order valence-electron chi connectivity index (χ4n) is 1.84. The normalized spacial score (nSPS) is 19.3. The molecule has 0 radical (unpaired) electrons. The van der Waals surface area contributed by atoms with Crippen LogP contribution in [0, 0.1) is 5.92 Å². The Bertz CT molecular complexity index is 290. The van der Waals surface area contributed by atoms with E-state index in [1.54, 1.807) is 0 Å². The van der Waals surface area contributed by atoms with E-state index in [9.17, 15) is 0 Å². The monoisotopic (exact) mass is 194 g/mol. The average molecular weight is 194 g/mol. The van der Waals surface area contributed by atoms with Gasteiger partial charge in [-0.3, -0.25) is 4.68 Å². The lowest BCUT2D eigenvalue weighted by molar-refractivity contribution is 0.239. The van der Waals surface area contributed by atoms with E-state index < -0.39 is 0 Å². The quantitative estimate of drug-likeness (QED) is 0.780. The minimum Gasteiger partial charge on any atom is -0.308 e. The summed E-state index contributed by atoms with van der Waals surface area (Å²) in [6, 6.07) is 0.624. The molecule has 78 valence electrons. The minimum absolute atomic E-state index is 0.624. The third-order valence-electron chi connectivity index (χ3n) is 3.27. The third-order valence-corrected chi connectivity index (χ3v) is 3.27. The number of hydrogen-bond acceptors (Lipinski definition) is 3. The molecule has 1 saturated carbocycles. The third kappa shape index (κ3) is 1.95. The van der Waals surface area contributed by atoms with Crippen LogP contribution in [-0.4, -0.2) is 21.0 Å².